The standard InChI is InChI=1S/C19H26N4/c1-12-7-6-8-23-15(12)10-21-17(23)18(3,4)22-13(2)16-14-9-20-11-19(14,16)5/h6-8,10,14,16,20,22H,2,9,11H2,1,3-5H3. The van der Waals surface area contributed by atoms with E-state index in [-0.39, 0.29) is 5.54 Å². The number of piperidine rings is 1. The van der Waals surface area contributed by atoms with Gasteiger partial charge in [-0.05, 0) is 50.3 Å². The van der Waals surface area contributed by atoms with Gasteiger partial charge >= 0.3 is 0 Å². The lowest BCUT2D eigenvalue weighted by Gasteiger charge is -2.29. The zero-order valence-corrected chi connectivity index (χ0v) is 14.5. The van der Waals surface area contributed by atoms with Crippen LogP contribution in [0, 0.1) is 24.2 Å². The van der Waals surface area contributed by atoms with Crippen LogP contribution in [0.1, 0.15) is 32.2 Å². The number of hydrogen-bond acceptors (Lipinski definition) is 3. The highest BCUT2D eigenvalue weighted by molar-refractivity contribution is 5.53. The lowest BCUT2D eigenvalue weighted by molar-refractivity contribution is 0.392. The van der Waals surface area contributed by atoms with Crippen LogP contribution in [0.2, 0.25) is 0 Å². The Morgan fingerprint density at radius 2 is 2.30 bits per heavy atom. The van der Waals surface area contributed by atoms with E-state index in [0.717, 1.165) is 30.5 Å². The molecule has 4 rings (SSSR count). The van der Waals surface area contributed by atoms with Gasteiger partial charge in [0.1, 0.15) is 5.82 Å². The molecule has 2 fully saturated rings. The summed E-state index contributed by atoms with van der Waals surface area (Å²) in [5, 5.41) is 7.16. The van der Waals surface area contributed by atoms with Crippen LogP contribution in [0.5, 0.6) is 0 Å². The van der Waals surface area contributed by atoms with Crippen LogP contribution in [-0.4, -0.2) is 22.5 Å². The first kappa shape index (κ1) is 14.8. The molecule has 0 amide bonds. The summed E-state index contributed by atoms with van der Waals surface area (Å²) in [7, 11) is 0. The number of rotatable bonds is 4. The van der Waals surface area contributed by atoms with Crippen LogP contribution in [0.15, 0.2) is 36.8 Å². The van der Waals surface area contributed by atoms with E-state index in [0.29, 0.717) is 11.3 Å². The molecule has 0 radical (unpaired) electrons. The Hall–Kier alpha value is -1.81. The minimum Gasteiger partial charge on any atom is -0.377 e. The molecule has 4 nitrogen and oxygen atoms in total. The first-order valence-corrected chi connectivity index (χ1v) is 8.45. The molecule has 0 aromatic carbocycles. The van der Waals surface area contributed by atoms with E-state index in [4.69, 9.17) is 4.98 Å². The smallest absolute Gasteiger partial charge is 0.138 e. The fraction of sp³-hybridized carbons (Fsp3) is 0.526. The molecule has 3 unspecified atom stereocenters. The highest BCUT2D eigenvalue weighted by atomic mass is 15.1. The Labute approximate surface area is 138 Å². The van der Waals surface area contributed by atoms with Crippen LogP contribution in [-0.2, 0) is 5.54 Å². The van der Waals surface area contributed by atoms with Crippen molar-refractivity contribution < 1.29 is 0 Å². The van der Waals surface area contributed by atoms with Crippen molar-refractivity contribution in [3.8, 4) is 0 Å². The third-order valence-corrected chi connectivity index (χ3v) is 5.91. The lowest BCUT2D eigenvalue weighted by Crippen LogP contribution is -2.39. The van der Waals surface area contributed by atoms with Crippen molar-refractivity contribution in [1.29, 1.82) is 0 Å². The number of pyridine rings is 1. The Kier molecular flexibility index (Phi) is 2.95. The molecule has 2 aromatic rings. The van der Waals surface area contributed by atoms with Crippen molar-refractivity contribution in [2.24, 2.45) is 17.3 Å². The fourth-order valence-corrected chi connectivity index (χ4v) is 4.55. The van der Waals surface area contributed by atoms with Gasteiger partial charge in [-0.3, -0.25) is 0 Å². The minimum atomic E-state index is -0.252. The molecule has 1 aliphatic carbocycles. The maximum absolute atomic E-state index is 4.70. The van der Waals surface area contributed by atoms with Gasteiger partial charge in [-0.1, -0.05) is 19.6 Å². The molecular weight excluding hydrogens is 284 g/mol. The highest BCUT2D eigenvalue weighted by Gasteiger charge is 2.64. The van der Waals surface area contributed by atoms with Crippen LogP contribution < -0.4 is 10.6 Å². The van der Waals surface area contributed by atoms with Crippen molar-refractivity contribution in [2.75, 3.05) is 13.1 Å². The van der Waals surface area contributed by atoms with E-state index in [2.05, 4.69) is 67.6 Å². The number of allylic oxidation sites excluding steroid dienone is 1. The average molecular weight is 310 g/mol. The van der Waals surface area contributed by atoms with E-state index in [9.17, 15) is 0 Å². The second kappa shape index (κ2) is 4.60. The number of hydrogen-bond donors (Lipinski definition) is 2. The van der Waals surface area contributed by atoms with Gasteiger partial charge in [0.05, 0.1) is 17.3 Å². The molecular formula is C19H26N4. The molecule has 4 heteroatoms. The summed E-state index contributed by atoms with van der Waals surface area (Å²) >= 11 is 0. The van der Waals surface area contributed by atoms with Crippen LogP contribution in [0.25, 0.3) is 5.52 Å². The molecule has 3 heterocycles. The summed E-state index contributed by atoms with van der Waals surface area (Å²) in [5.74, 6) is 2.35. The summed E-state index contributed by atoms with van der Waals surface area (Å²) in [5.41, 5.74) is 3.72. The van der Waals surface area contributed by atoms with Crippen molar-refractivity contribution >= 4 is 5.52 Å². The number of nitrogens with one attached hydrogen (secondary N) is 2. The average Bonchev–Trinajstić information content (AvgIpc) is 2.83. The molecule has 1 saturated heterocycles. The molecule has 1 saturated carbocycles. The van der Waals surface area contributed by atoms with Crippen molar-refractivity contribution in [2.45, 2.75) is 33.2 Å². The Morgan fingerprint density at radius 3 is 3.00 bits per heavy atom. The van der Waals surface area contributed by atoms with Gasteiger partial charge in [-0.2, -0.15) is 0 Å². The topological polar surface area (TPSA) is 41.4 Å². The van der Waals surface area contributed by atoms with Crippen molar-refractivity contribution in [3.05, 3.63) is 48.2 Å². The maximum atomic E-state index is 4.70. The van der Waals surface area contributed by atoms with Crippen molar-refractivity contribution in [3.63, 3.8) is 0 Å². The summed E-state index contributed by atoms with van der Waals surface area (Å²) < 4.78 is 2.19. The number of aromatic nitrogens is 2. The number of aryl methyl sites for hydroxylation is 1. The largest absolute Gasteiger partial charge is 0.377 e. The Bertz CT molecular complexity index is 788. The Morgan fingerprint density at radius 1 is 1.52 bits per heavy atom. The van der Waals surface area contributed by atoms with Crippen LogP contribution in [0.4, 0.5) is 0 Å². The van der Waals surface area contributed by atoms with E-state index in [1.807, 2.05) is 6.20 Å². The summed E-state index contributed by atoms with van der Waals surface area (Å²) in [6.07, 6.45) is 4.06. The van der Waals surface area contributed by atoms with Gasteiger partial charge in [0.25, 0.3) is 0 Å². The zero-order chi connectivity index (χ0) is 16.4. The monoisotopic (exact) mass is 310 g/mol. The summed E-state index contributed by atoms with van der Waals surface area (Å²) in [4.78, 5) is 4.70. The van der Waals surface area contributed by atoms with Crippen molar-refractivity contribution in [1.82, 2.24) is 20.0 Å². The maximum Gasteiger partial charge on any atom is 0.138 e. The van der Waals surface area contributed by atoms with Crippen LogP contribution in [0.3, 0.4) is 0 Å². The van der Waals surface area contributed by atoms with E-state index in [1.165, 1.54) is 11.1 Å². The molecule has 2 aromatic heterocycles. The molecule has 0 bridgehead atoms. The SMILES string of the molecule is C=C(NC(C)(C)c1ncc2c(C)cccn12)C1C2CNCC21C. The van der Waals surface area contributed by atoms with Gasteiger partial charge < -0.3 is 15.0 Å². The summed E-state index contributed by atoms with van der Waals surface area (Å²) in [6.45, 7) is 15.5. The van der Waals surface area contributed by atoms with Gasteiger partial charge in [-0.25, -0.2) is 4.98 Å². The van der Waals surface area contributed by atoms with E-state index < -0.39 is 0 Å². The quantitative estimate of drug-likeness (QED) is 0.912. The zero-order valence-electron chi connectivity index (χ0n) is 14.5. The number of fused-ring (bicyclic) bond motifs is 2. The third-order valence-electron chi connectivity index (χ3n) is 5.91. The van der Waals surface area contributed by atoms with Crippen LogP contribution >= 0.6 is 0 Å². The first-order valence-electron chi connectivity index (χ1n) is 8.45. The predicted octanol–water partition coefficient (Wildman–Crippen LogP) is 2.84. The van der Waals surface area contributed by atoms with Gasteiger partial charge in [0.2, 0.25) is 0 Å². The normalized spacial score (nSPS) is 29.6. The molecule has 3 atom stereocenters. The molecule has 1 aliphatic heterocycles. The first-order chi connectivity index (χ1) is 10.8. The summed E-state index contributed by atoms with van der Waals surface area (Å²) in [6, 6.07) is 4.20. The molecule has 122 valence electrons. The lowest BCUT2D eigenvalue weighted by atomic mass is 10.0. The number of imidazole rings is 1. The van der Waals surface area contributed by atoms with Gasteiger partial charge in [0, 0.05) is 24.4 Å². The molecule has 2 N–H and O–H groups in total. The fourth-order valence-electron chi connectivity index (χ4n) is 4.55. The van der Waals surface area contributed by atoms with Gasteiger partial charge in [0.15, 0.2) is 0 Å². The van der Waals surface area contributed by atoms with Gasteiger partial charge in [-0.15, -0.1) is 0 Å². The van der Waals surface area contributed by atoms with E-state index >= 15 is 0 Å². The molecule has 0 spiro atoms. The van der Waals surface area contributed by atoms with E-state index in [1.54, 1.807) is 0 Å². The molecule has 2 aliphatic rings. The number of nitrogens with zero attached hydrogens (tertiary/aromatic N) is 2. The predicted molar refractivity (Wildman–Crippen MR) is 93.2 cm³/mol. The highest BCUT2D eigenvalue weighted by Crippen LogP contribution is 2.63. The molecule has 23 heavy (non-hydrogen) atoms. The minimum absolute atomic E-state index is 0.252. The second-order valence-corrected chi connectivity index (χ2v) is 8.02. The Balaban J connectivity index is 1.60. The second-order valence-electron chi connectivity index (χ2n) is 8.02. The third kappa shape index (κ3) is 2.04.